The van der Waals surface area contributed by atoms with E-state index in [9.17, 15) is 14.3 Å². The van der Waals surface area contributed by atoms with E-state index < -0.39 is 5.82 Å². The van der Waals surface area contributed by atoms with Crippen LogP contribution in [0.2, 0.25) is 0 Å². The van der Waals surface area contributed by atoms with Crippen molar-refractivity contribution in [1.82, 2.24) is 5.32 Å². The lowest BCUT2D eigenvalue weighted by Crippen LogP contribution is -2.20. The number of likely N-dealkylation sites (N-methyl/N-ethyl adjacent to an activating group) is 1. The molecule has 3 N–H and O–H groups in total. The molecule has 2 aromatic rings. The van der Waals surface area contributed by atoms with Crippen molar-refractivity contribution in [2.24, 2.45) is 0 Å². The minimum atomic E-state index is -0.481. The number of nitrogens with one attached hydrogen (secondary N) is 2. The number of carbonyl (C=O) groups excluding carboxylic acids is 1. The second kappa shape index (κ2) is 6.74. The first-order valence-electron chi connectivity index (χ1n) is 6.59. The smallest absolute Gasteiger partial charge is 0.224 e. The number of rotatable bonds is 5. The Bertz CT molecular complexity index is 624. The van der Waals surface area contributed by atoms with Gasteiger partial charge in [-0.1, -0.05) is 18.2 Å². The van der Waals surface area contributed by atoms with Crippen LogP contribution in [0, 0.1) is 5.82 Å². The van der Waals surface area contributed by atoms with E-state index in [1.165, 1.54) is 12.1 Å². The molecule has 1 amide bonds. The molecule has 0 fully saturated rings. The molecule has 0 aliphatic carbocycles. The molecule has 0 aliphatic rings. The molecule has 0 aromatic heterocycles. The summed E-state index contributed by atoms with van der Waals surface area (Å²) >= 11 is 0. The average Bonchev–Trinajstić information content (AvgIpc) is 2.45. The van der Waals surface area contributed by atoms with Gasteiger partial charge in [-0.2, -0.15) is 0 Å². The number of phenols is 1. The highest BCUT2D eigenvalue weighted by Gasteiger charge is 2.07. The molecule has 0 saturated heterocycles. The molecule has 0 radical (unpaired) electrons. The second-order valence-corrected chi connectivity index (χ2v) is 4.68. The van der Waals surface area contributed by atoms with Crippen LogP contribution in [0.5, 0.6) is 5.75 Å². The number of amides is 1. The van der Waals surface area contributed by atoms with Gasteiger partial charge in [-0.25, -0.2) is 4.39 Å². The van der Waals surface area contributed by atoms with Crippen LogP contribution in [0.3, 0.4) is 0 Å². The zero-order chi connectivity index (χ0) is 15.2. The van der Waals surface area contributed by atoms with Gasteiger partial charge in [-0.05, 0) is 29.3 Å². The Balaban J connectivity index is 2.10. The summed E-state index contributed by atoms with van der Waals surface area (Å²) in [6, 6.07) is 11.4. The number of aromatic hydroxyl groups is 1. The third-order valence-corrected chi connectivity index (χ3v) is 3.07. The van der Waals surface area contributed by atoms with Crippen LogP contribution in [0.15, 0.2) is 42.5 Å². The van der Waals surface area contributed by atoms with Gasteiger partial charge >= 0.3 is 0 Å². The average molecular weight is 288 g/mol. The van der Waals surface area contributed by atoms with Crippen molar-refractivity contribution in [1.29, 1.82) is 0 Å². The molecular formula is C16H17FN2O2. The molecule has 5 heteroatoms. The van der Waals surface area contributed by atoms with Crippen molar-refractivity contribution >= 4 is 11.6 Å². The molecule has 0 aliphatic heterocycles. The van der Waals surface area contributed by atoms with E-state index in [-0.39, 0.29) is 18.1 Å². The third kappa shape index (κ3) is 4.21. The predicted molar refractivity (Wildman–Crippen MR) is 79.6 cm³/mol. The molecule has 0 spiro atoms. The molecule has 2 aromatic carbocycles. The minimum absolute atomic E-state index is 0.0762. The van der Waals surface area contributed by atoms with Gasteiger partial charge < -0.3 is 15.7 Å². The summed E-state index contributed by atoms with van der Waals surface area (Å²) in [6.07, 6.45) is 0.272. The zero-order valence-electron chi connectivity index (χ0n) is 11.7. The molecule has 2 rings (SSSR count). The lowest BCUT2D eigenvalue weighted by Gasteiger charge is -2.12. The normalized spacial score (nSPS) is 10.2. The standard InChI is InChI=1S/C16H17FN2O2/c1-18-16(21)8-12-4-2-3-5-15(12)19-10-11-6-13(17)9-14(20)7-11/h2-7,9,19-20H,8,10H2,1H3,(H,18,21). The Kier molecular flexibility index (Phi) is 4.77. The molecule has 0 saturated carbocycles. The van der Waals surface area contributed by atoms with E-state index in [2.05, 4.69) is 10.6 Å². The van der Waals surface area contributed by atoms with E-state index in [0.29, 0.717) is 12.1 Å². The lowest BCUT2D eigenvalue weighted by molar-refractivity contribution is -0.119. The Morgan fingerprint density at radius 1 is 1.24 bits per heavy atom. The molecule has 0 bridgehead atoms. The van der Waals surface area contributed by atoms with Crippen molar-refractivity contribution < 1.29 is 14.3 Å². The van der Waals surface area contributed by atoms with Crippen molar-refractivity contribution in [3.63, 3.8) is 0 Å². The largest absolute Gasteiger partial charge is 0.508 e. The fourth-order valence-electron chi connectivity index (χ4n) is 2.04. The van der Waals surface area contributed by atoms with Crippen LogP contribution in [-0.2, 0) is 17.8 Å². The molecule has 0 unspecified atom stereocenters. The first kappa shape index (κ1) is 14.8. The van der Waals surface area contributed by atoms with E-state index in [1.54, 1.807) is 7.05 Å². The second-order valence-electron chi connectivity index (χ2n) is 4.68. The van der Waals surface area contributed by atoms with Crippen LogP contribution in [0.1, 0.15) is 11.1 Å². The third-order valence-electron chi connectivity index (χ3n) is 3.07. The Labute approximate surface area is 122 Å². The van der Waals surface area contributed by atoms with Crippen molar-refractivity contribution in [3.8, 4) is 5.75 Å². The number of halogens is 1. The summed E-state index contributed by atoms with van der Waals surface area (Å²) in [5, 5.41) is 15.1. The van der Waals surface area contributed by atoms with Crippen LogP contribution < -0.4 is 10.6 Å². The maximum Gasteiger partial charge on any atom is 0.224 e. The van der Waals surface area contributed by atoms with Crippen LogP contribution >= 0.6 is 0 Å². The van der Waals surface area contributed by atoms with E-state index >= 15 is 0 Å². The predicted octanol–water partition coefficient (Wildman–Crippen LogP) is 2.43. The summed E-state index contributed by atoms with van der Waals surface area (Å²) in [4.78, 5) is 11.5. The fourth-order valence-corrected chi connectivity index (χ4v) is 2.04. The molecule has 0 atom stereocenters. The highest BCUT2D eigenvalue weighted by molar-refractivity contribution is 5.80. The van der Waals surface area contributed by atoms with E-state index in [0.717, 1.165) is 17.3 Å². The molecular weight excluding hydrogens is 271 g/mol. The van der Waals surface area contributed by atoms with Gasteiger partial charge in [0.25, 0.3) is 0 Å². The fraction of sp³-hybridized carbons (Fsp3) is 0.188. The van der Waals surface area contributed by atoms with Gasteiger partial charge in [0.1, 0.15) is 11.6 Å². The Morgan fingerprint density at radius 3 is 2.71 bits per heavy atom. The Morgan fingerprint density at radius 2 is 2.00 bits per heavy atom. The van der Waals surface area contributed by atoms with Crippen LogP contribution in [0.25, 0.3) is 0 Å². The molecule has 21 heavy (non-hydrogen) atoms. The quantitative estimate of drug-likeness (QED) is 0.792. The van der Waals surface area contributed by atoms with Crippen molar-refractivity contribution in [2.45, 2.75) is 13.0 Å². The van der Waals surface area contributed by atoms with Crippen molar-refractivity contribution in [2.75, 3.05) is 12.4 Å². The number of hydrogen-bond donors (Lipinski definition) is 3. The SMILES string of the molecule is CNC(=O)Cc1ccccc1NCc1cc(O)cc(F)c1. The maximum atomic E-state index is 13.2. The van der Waals surface area contributed by atoms with E-state index in [4.69, 9.17) is 0 Å². The number of carbonyl (C=O) groups is 1. The summed E-state index contributed by atoms with van der Waals surface area (Å²) in [7, 11) is 1.59. The summed E-state index contributed by atoms with van der Waals surface area (Å²) in [6.45, 7) is 0.357. The van der Waals surface area contributed by atoms with Gasteiger partial charge in [-0.3, -0.25) is 4.79 Å². The first-order chi connectivity index (χ1) is 10.1. The van der Waals surface area contributed by atoms with Crippen LogP contribution in [-0.4, -0.2) is 18.1 Å². The van der Waals surface area contributed by atoms with Gasteiger partial charge in [0, 0.05) is 25.3 Å². The maximum absolute atomic E-state index is 13.2. The van der Waals surface area contributed by atoms with Gasteiger partial charge in [0.15, 0.2) is 0 Å². The topological polar surface area (TPSA) is 61.4 Å². The van der Waals surface area contributed by atoms with Gasteiger partial charge in [-0.15, -0.1) is 0 Å². The van der Waals surface area contributed by atoms with Crippen LogP contribution in [0.4, 0.5) is 10.1 Å². The molecule has 110 valence electrons. The number of anilines is 1. The monoisotopic (exact) mass is 288 g/mol. The Hall–Kier alpha value is -2.56. The van der Waals surface area contributed by atoms with Gasteiger partial charge in [0.2, 0.25) is 5.91 Å². The zero-order valence-corrected chi connectivity index (χ0v) is 11.7. The minimum Gasteiger partial charge on any atom is -0.508 e. The number of benzene rings is 2. The number of phenolic OH excluding ortho intramolecular Hbond substituents is 1. The van der Waals surface area contributed by atoms with E-state index in [1.807, 2.05) is 24.3 Å². The summed E-state index contributed by atoms with van der Waals surface area (Å²) in [5.41, 5.74) is 2.30. The first-order valence-corrected chi connectivity index (χ1v) is 6.59. The highest BCUT2D eigenvalue weighted by atomic mass is 19.1. The lowest BCUT2D eigenvalue weighted by atomic mass is 10.1. The number of para-hydroxylation sites is 1. The number of hydrogen-bond acceptors (Lipinski definition) is 3. The summed E-state index contributed by atoms with van der Waals surface area (Å²) in [5.74, 6) is -0.663. The molecule has 4 nitrogen and oxygen atoms in total. The van der Waals surface area contributed by atoms with Crippen molar-refractivity contribution in [3.05, 3.63) is 59.4 Å². The van der Waals surface area contributed by atoms with Gasteiger partial charge in [0.05, 0.1) is 6.42 Å². The summed E-state index contributed by atoms with van der Waals surface area (Å²) < 4.78 is 13.2. The molecule has 0 heterocycles. The highest BCUT2D eigenvalue weighted by Crippen LogP contribution is 2.19.